The van der Waals surface area contributed by atoms with Gasteiger partial charge in [-0.25, -0.2) is 9.97 Å². The summed E-state index contributed by atoms with van der Waals surface area (Å²) < 4.78 is 0. The minimum Gasteiger partial charge on any atom is -0.336 e. The van der Waals surface area contributed by atoms with E-state index in [4.69, 9.17) is 0 Å². The molecule has 0 radical (unpaired) electrons. The van der Waals surface area contributed by atoms with Gasteiger partial charge in [0.05, 0.1) is 0 Å². The highest BCUT2D eigenvalue weighted by atomic mass is 15.4. The predicted molar refractivity (Wildman–Crippen MR) is 79.9 cm³/mol. The maximum absolute atomic E-state index is 4.59. The second-order valence-electron chi connectivity index (χ2n) is 6.59. The van der Waals surface area contributed by atoms with Crippen molar-refractivity contribution in [3.8, 4) is 0 Å². The Morgan fingerprint density at radius 3 is 2.50 bits per heavy atom. The van der Waals surface area contributed by atoms with Crippen molar-refractivity contribution in [1.29, 1.82) is 0 Å². The Labute approximate surface area is 121 Å². The lowest BCUT2D eigenvalue weighted by atomic mass is 10.1. The van der Waals surface area contributed by atoms with Gasteiger partial charge >= 0.3 is 0 Å². The first-order chi connectivity index (χ1) is 9.85. The quantitative estimate of drug-likeness (QED) is 0.840. The molecule has 3 heterocycles. The number of aryl methyl sites for hydroxylation is 1. The van der Waals surface area contributed by atoms with Gasteiger partial charge in [0.2, 0.25) is 5.95 Å². The molecular formula is C16H24N4. The van der Waals surface area contributed by atoms with Crippen molar-refractivity contribution in [2.45, 2.75) is 51.1 Å². The largest absolute Gasteiger partial charge is 0.336 e. The summed E-state index contributed by atoms with van der Waals surface area (Å²) in [4.78, 5) is 14.4. The molecule has 0 unspecified atom stereocenters. The first kappa shape index (κ1) is 12.6. The molecule has 0 bridgehead atoms. The summed E-state index contributed by atoms with van der Waals surface area (Å²) in [5, 5.41) is 0. The first-order valence-electron chi connectivity index (χ1n) is 8.16. The Kier molecular flexibility index (Phi) is 3.14. The van der Waals surface area contributed by atoms with Gasteiger partial charge in [-0.15, -0.1) is 0 Å². The van der Waals surface area contributed by atoms with Gasteiger partial charge in [-0.2, -0.15) is 0 Å². The topological polar surface area (TPSA) is 32.3 Å². The third kappa shape index (κ3) is 2.20. The molecule has 108 valence electrons. The smallest absolute Gasteiger partial charge is 0.225 e. The first-order valence-corrected chi connectivity index (χ1v) is 8.16. The monoisotopic (exact) mass is 272 g/mol. The van der Waals surface area contributed by atoms with Gasteiger partial charge < -0.3 is 4.90 Å². The molecular weight excluding hydrogens is 248 g/mol. The lowest BCUT2D eigenvalue weighted by molar-refractivity contribution is 0.244. The van der Waals surface area contributed by atoms with Crippen LogP contribution in [0.25, 0.3) is 0 Å². The predicted octanol–water partition coefficient (Wildman–Crippen LogP) is 2.10. The van der Waals surface area contributed by atoms with E-state index in [0.29, 0.717) is 6.04 Å². The average Bonchev–Trinajstić information content (AvgIpc) is 3.07. The zero-order valence-electron chi connectivity index (χ0n) is 12.3. The molecule has 0 N–H and O–H groups in total. The third-order valence-corrected chi connectivity index (χ3v) is 5.24. The third-order valence-electron chi connectivity index (χ3n) is 5.24. The van der Waals surface area contributed by atoms with Crippen LogP contribution < -0.4 is 4.90 Å². The van der Waals surface area contributed by atoms with E-state index in [2.05, 4.69) is 26.7 Å². The van der Waals surface area contributed by atoms with Crippen LogP contribution >= 0.6 is 0 Å². The van der Waals surface area contributed by atoms with Crippen LogP contribution in [0.4, 0.5) is 5.95 Å². The van der Waals surface area contributed by atoms with Gasteiger partial charge in [0, 0.05) is 44.1 Å². The minimum absolute atomic E-state index is 0.654. The fourth-order valence-electron chi connectivity index (χ4n) is 3.86. The van der Waals surface area contributed by atoms with Gasteiger partial charge in [0.25, 0.3) is 0 Å². The summed E-state index contributed by atoms with van der Waals surface area (Å²) in [7, 11) is 0. The second kappa shape index (κ2) is 4.99. The fraction of sp³-hybridized carbons (Fsp3) is 0.750. The van der Waals surface area contributed by atoms with Crippen LogP contribution in [0.15, 0.2) is 12.4 Å². The zero-order chi connectivity index (χ0) is 13.5. The maximum Gasteiger partial charge on any atom is 0.225 e. The number of fused-ring (bicyclic) bond motifs is 1. The van der Waals surface area contributed by atoms with E-state index in [1.54, 1.807) is 0 Å². The summed E-state index contributed by atoms with van der Waals surface area (Å²) in [5.74, 6) is 1.95. The lowest BCUT2D eigenvalue weighted by Crippen LogP contribution is -2.38. The second-order valence-corrected chi connectivity index (χ2v) is 6.59. The Balaban J connectivity index is 1.47. The Bertz CT molecular complexity index is 468. The van der Waals surface area contributed by atoms with E-state index in [9.17, 15) is 0 Å². The molecule has 1 saturated carbocycles. The van der Waals surface area contributed by atoms with Crippen LogP contribution in [0.1, 0.15) is 38.2 Å². The molecule has 0 amide bonds. The van der Waals surface area contributed by atoms with Gasteiger partial charge in [-0.05, 0) is 43.6 Å². The number of anilines is 1. The molecule has 3 aliphatic rings. The molecule has 2 aliphatic heterocycles. The molecule has 2 saturated heterocycles. The fourth-order valence-corrected chi connectivity index (χ4v) is 3.86. The number of hydrogen-bond donors (Lipinski definition) is 0. The van der Waals surface area contributed by atoms with Crippen molar-refractivity contribution in [2.75, 3.05) is 24.5 Å². The van der Waals surface area contributed by atoms with Crippen LogP contribution in [-0.2, 0) is 6.42 Å². The molecule has 1 aromatic heterocycles. The Morgan fingerprint density at radius 1 is 1.05 bits per heavy atom. The number of aromatic nitrogens is 2. The summed E-state index contributed by atoms with van der Waals surface area (Å²) in [5.41, 5.74) is 1.23. The van der Waals surface area contributed by atoms with Crippen LogP contribution in [0.5, 0.6) is 0 Å². The molecule has 4 nitrogen and oxygen atoms in total. The van der Waals surface area contributed by atoms with Crippen LogP contribution in [0.3, 0.4) is 0 Å². The van der Waals surface area contributed by atoms with Crippen molar-refractivity contribution in [2.24, 2.45) is 5.92 Å². The molecule has 4 heteroatoms. The highest BCUT2D eigenvalue weighted by Gasteiger charge is 2.44. The van der Waals surface area contributed by atoms with Crippen LogP contribution in [-0.4, -0.2) is 46.6 Å². The van der Waals surface area contributed by atoms with E-state index in [0.717, 1.165) is 30.9 Å². The summed E-state index contributed by atoms with van der Waals surface area (Å²) in [6.45, 7) is 5.89. The molecule has 4 rings (SSSR count). The van der Waals surface area contributed by atoms with E-state index in [1.807, 2.05) is 12.4 Å². The maximum atomic E-state index is 4.59. The van der Waals surface area contributed by atoms with E-state index in [-0.39, 0.29) is 0 Å². The van der Waals surface area contributed by atoms with Crippen molar-refractivity contribution in [3.63, 3.8) is 0 Å². The molecule has 3 fully saturated rings. The summed E-state index contributed by atoms with van der Waals surface area (Å²) in [6.07, 6.45) is 10.5. The van der Waals surface area contributed by atoms with Gasteiger partial charge in [0.1, 0.15) is 0 Å². The number of hydrogen-bond acceptors (Lipinski definition) is 4. The molecule has 20 heavy (non-hydrogen) atoms. The molecule has 1 aliphatic carbocycles. The standard InChI is InChI=1S/C16H24N4/c1-2-12-9-17-16(18-10-12)20-8-6-14-15(20)5-7-19(14)11-13-3-4-13/h9-10,13-15H,2-8,11H2,1H3/t14-,15+/m0/s1. The van der Waals surface area contributed by atoms with E-state index >= 15 is 0 Å². The lowest BCUT2D eigenvalue weighted by Gasteiger charge is -2.25. The number of likely N-dealkylation sites (tertiary alicyclic amines) is 1. The summed E-state index contributed by atoms with van der Waals surface area (Å²) in [6, 6.07) is 1.41. The number of nitrogens with zero attached hydrogens (tertiary/aromatic N) is 4. The molecule has 2 atom stereocenters. The van der Waals surface area contributed by atoms with Crippen molar-refractivity contribution in [1.82, 2.24) is 14.9 Å². The minimum atomic E-state index is 0.654. The molecule has 1 aromatic rings. The van der Waals surface area contributed by atoms with Crippen LogP contribution in [0.2, 0.25) is 0 Å². The number of rotatable bonds is 4. The zero-order valence-corrected chi connectivity index (χ0v) is 12.3. The van der Waals surface area contributed by atoms with Gasteiger partial charge in [-0.3, -0.25) is 4.90 Å². The van der Waals surface area contributed by atoms with Crippen molar-refractivity contribution >= 4 is 5.95 Å². The molecule has 0 aromatic carbocycles. The van der Waals surface area contributed by atoms with Crippen molar-refractivity contribution < 1.29 is 0 Å². The van der Waals surface area contributed by atoms with Crippen LogP contribution in [0, 0.1) is 5.92 Å². The highest BCUT2D eigenvalue weighted by molar-refractivity contribution is 5.36. The van der Waals surface area contributed by atoms with Crippen molar-refractivity contribution in [3.05, 3.63) is 18.0 Å². The van der Waals surface area contributed by atoms with Gasteiger partial charge in [-0.1, -0.05) is 6.92 Å². The molecule has 0 spiro atoms. The average molecular weight is 272 g/mol. The highest BCUT2D eigenvalue weighted by Crippen LogP contribution is 2.37. The normalized spacial score (nSPS) is 29.9. The van der Waals surface area contributed by atoms with E-state index < -0.39 is 0 Å². The van der Waals surface area contributed by atoms with E-state index in [1.165, 1.54) is 44.3 Å². The SMILES string of the molecule is CCc1cnc(N2CC[C@H]3[C@H]2CCN3CC2CC2)nc1. The Hall–Kier alpha value is -1.16. The Morgan fingerprint density at radius 2 is 1.80 bits per heavy atom. The van der Waals surface area contributed by atoms with Gasteiger partial charge in [0.15, 0.2) is 0 Å². The summed E-state index contributed by atoms with van der Waals surface area (Å²) >= 11 is 0.